The second-order valence-electron chi connectivity index (χ2n) is 4.50. The summed E-state index contributed by atoms with van der Waals surface area (Å²) in [5, 5.41) is 2.52. The van der Waals surface area contributed by atoms with E-state index in [-0.39, 0.29) is 19.4 Å². The van der Waals surface area contributed by atoms with Crippen LogP contribution >= 0.6 is 0 Å². The van der Waals surface area contributed by atoms with Gasteiger partial charge in [0.2, 0.25) is 5.91 Å². The smallest absolute Gasteiger partial charge is 0.366 e. The molecule has 98 valence electrons. The Morgan fingerprint density at radius 1 is 1.39 bits per heavy atom. The Morgan fingerprint density at radius 2 is 2.06 bits per heavy atom. The number of carbonyl (C=O) groups excluding carboxylic acids is 1. The maximum Gasteiger partial charge on any atom is 0.406 e. The van der Waals surface area contributed by atoms with Crippen LogP contribution in [0.5, 0.6) is 0 Å². The Morgan fingerprint density at radius 3 is 2.56 bits per heavy atom. The van der Waals surface area contributed by atoms with E-state index >= 15 is 0 Å². The molecule has 1 aliphatic carbocycles. The van der Waals surface area contributed by atoms with Crippen molar-refractivity contribution in [2.75, 3.05) is 0 Å². The van der Waals surface area contributed by atoms with E-state index in [1.54, 1.807) is 12.1 Å². The number of rotatable bonds is 4. The number of hydrogen-bond donors (Lipinski definition) is 2. The first-order valence-electron chi connectivity index (χ1n) is 5.55. The van der Waals surface area contributed by atoms with E-state index in [1.165, 1.54) is 12.1 Å². The zero-order chi connectivity index (χ0) is 13.4. The van der Waals surface area contributed by atoms with Crippen LogP contribution in [0.3, 0.4) is 0 Å². The van der Waals surface area contributed by atoms with Crippen LogP contribution in [0.25, 0.3) is 0 Å². The van der Waals surface area contributed by atoms with Gasteiger partial charge in [0, 0.05) is 12.1 Å². The molecule has 0 aliphatic heterocycles. The summed E-state index contributed by atoms with van der Waals surface area (Å²) < 4.78 is 38.0. The van der Waals surface area contributed by atoms with Gasteiger partial charge in [-0.25, -0.2) is 0 Å². The van der Waals surface area contributed by atoms with Gasteiger partial charge in [0.1, 0.15) is 5.54 Å². The van der Waals surface area contributed by atoms with Gasteiger partial charge in [-0.1, -0.05) is 12.1 Å². The van der Waals surface area contributed by atoms with Gasteiger partial charge in [0.05, 0.1) is 0 Å². The predicted molar refractivity (Wildman–Crippen MR) is 59.8 cm³/mol. The van der Waals surface area contributed by atoms with Crippen LogP contribution in [0.1, 0.15) is 28.8 Å². The lowest BCUT2D eigenvalue weighted by Crippen LogP contribution is -2.44. The predicted octanol–water partition coefficient (Wildman–Crippen LogP) is 1.97. The molecule has 3 N–H and O–H groups in total. The normalized spacial score (nSPS) is 17.5. The Kier molecular flexibility index (Phi) is 3.06. The van der Waals surface area contributed by atoms with Crippen LogP contribution in [0.4, 0.5) is 13.2 Å². The number of benzene rings is 1. The highest BCUT2D eigenvalue weighted by Crippen LogP contribution is 2.49. The van der Waals surface area contributed by atoms with E-state index in [2.05, 4.69) is 5.32 Å². The van der Waals surface area contributed by atoms with Crippen molar-refractivity contribution in [3.8, 4) is 0 Å². The van der Waals surface area contributed by atoms with Crippen molar-refractivity contribution >= 4 is 5.91 Å². The molecule has 1 aromatic carbocycles. The van der Waals surface area contributed by atoms with E-state index in [4.69, 9.17) is 5.73 Å². The fourth-order valence-corrected chi connectivity index (χ4v) is 1.79. The number of carbonyl (C=O) groups is 1. The molecule has 1 aromatic rings. The lowest BCUT2D eigenvalue weighted by atomic mass is 10.1. The Bertz CT molecular complexity index is 467. The van der Waals surface area contributed by atoms with Crippen molar-refractivity contribution in [3.63, 3.8) is 0 Å². The first-order valence-corrected chi connectivity index (χ1v) is 5.55. The highest BCUT2D eigenvalue weighted by Gasteiger charge is 2.62. The van der Waals surface area contributed by atoms with E-state index in [0.717, 1.165) is 0 Å². The number of halogens is 3. The molecule has 0 spiro atoms. The lowest BCUT2D eigenvalue weighted by Gasteiger charge is -2.20. The molecular weight excluding hydrogens is 245 g/mol. The fourth-order valence-electron chi connectivity index (χ4n) is 1.79. The molecule has 1 saturated carbocycles. The Hall–Kier alpha value is -1.56. The molecule has 1 amide bonds. The van der Waals surface area contributed by atoms with Crippen LogP contribution < -0.4 is 11.1 Å². The zero-order valence-corrected chi connectivity index (χ0v) is 9.55. The number of hydrogen-bond acceptors (Lipinski definition) is 2. The molecule has 0 radical (unpaired) electrons. The van der Waals surface area contributed by atoms with E-state index in [9.17, 15) is 18.0 Å². The molecule has 1 aliphatic rings. The first kappa shape index (κ1) is 12.9. The molecule has 0 unspecified atom stereocenters. The topological polar surface area (TPSA) is 55.1 Å². The van der Waals surface area contributed by atoms with Crippen molar-refractivity contribution in [2.24, 2.45) is 5.73 Å². The highest BCUT2D eigenvalue weighted by atomic mass is 19.4. The molecule has 0 atom stereocenters. The van der Waals surface area contributed by atoms with Crippen LogP contribution in [0, 0.1) is 0 Å². The third kappa shape index (κ3) is 2.48. The number of amides is 1. The van der Waals surface area contributed by atoms with Crippen LogP contribution in [0.2, 0.25) is 0 Å². The quantitative estimate of drug-likeness (QED) is 0.867. The minimum atomic E-state index is -4.23. The van der Waals surface area contributed by atoms with Gasteiger partial charge in [-0.2, -0.15) is 13.2 Å². The number of primary amides is 1. The maximum absolute atomic E-state index is 12.7. The fraction of sp³-hybridized carbons (Fsp3) is 0.417. The summed E-state index contributed by atoms with van der Waals surface area (Å²) in [5.41, 5.74) is 4.28. The number of alkyl halides is 3. The van der Waals surface area contributed by atoms with Crippen molar-refractivity contribution in [1.82, 2.24) is 5.32 Å². The standard InChI is InChI=1S/C12H13F3N2O/c13-12(14,15)11(4-5-11)17-7-8-2-1-3-9(6-8)10(16)18/h1-3,6,17H,4-5,7H2,(H2,16,18). The second kappa shape index (κ2) is 4.28. The molecule has 6 heteroatoms. The summed E-state index contributed by atoms with van der Waals surface area (Å²) in [4.78, 5) is 10.9. The summed E-state index contributed by atoms with van der Waals surface area (Å²) >= 11 is 0. The van der Waals surface area contributed by atoms with Gasteiger partial charge in [-0.05, 0) is 30.5 Å². The van der Waals surface area contributed by atoms with Crippen molar-refractivity contribution in [3.05, 3.63) is 35.4 Å². The van der Waals surface area contributed by atoms with Gasteiger partial charge >= 0.3 is 6.18 Å². The van der Waals surface area contributed by atoms with Crippen molar-refractivity contribution < 1.29 is 18.0 Å². The SMILES string of the molecule is NC(=O)c1cccc(CNC2(C(F)(F)F)CC2)c1. The maximum atomic E-state index is 12.7. The summed E-state index contributed by atoms with van der Waals surface area (Å²) in [6.07, 6.45) is -4.02. The zero-order valence-electron chi connectivity index (χ0n) is 9.55. The number of nitrogens with two attached hydrogens (primary N) is 1. The average Bonchev–Trinajstić information content (AvgIpc) is 3.07. The molecular formula is C12H13F3N2O. The molecule has 3 nitrogen and oxygen atoms in total. The van der Waals surface area contributed by atoms with Crippen molar-refractivity contribution in [2.45, 2.75) is 31.1 Å². The second-order valence-corrected chi connectivity index (χ2v) is 4.50. The Labute approximate surface area is 102 Å². The Balaban J connectivity index is 2.03. The molecule has 0 bridgehead atoms. The summed E-state index contributed by atoms with van der Waals surface area (Å²) in [6.45, 7) is 0.0701. The first-order chi connectivity index (χ1) is 8.34. The third-order valence-electron chi connectivity index (χ3n) is 3.14. The third-order valence-corrected chi connectivity index (χ3v) is 3.14. The van der Waals surface area contributed by atoms with Gasteiger partial charge in [-0.15, -0.1) is 0 Å². The van der Waals surface area contributed by atoms with Gasteiger partial charge in [-0.3, -0.25) is 10.1 Å². The largest absolute Gasteiger partial charge is 0.406 e. The van der Waals surface area contributed by atoms with Crippen LogP contribution in [-0.2, 0) is 6.54 Å². The molecule has 1 fully saturated rings. The minimum Gasteiger partial charge on any atom is -0.366 e. The van der Waals surface area contributed by atoms with Gasteiger partial charge in [0.15, 0.2) is 0 Å². The summed E-state index contributed by atoms with van der Waals surface area (Å²) in [7, 11) is 0. The summed E-state index contributed by atoms with van der Waals surface area (Å²) in [6, 6.07) is 6.29. The number of nitrogens with one attached hydrogen (secondary N) is 1. The van der Waals surface area contributed by atoms with E-state index in [0.29, 0.717) is 11.1 Å². The highest BCUT2D eigenvalue weighted by molar-refractivity contribution is 5.92. The van der Waals surface area contributed by atoms with E-state index in [1.807, 2.05) is 0 Å². The average molecular weight is 258 g/mol. The van der Waals surface area contributed by atoms with Gasteiger partial charge < -0.3 is 5.73 Å². The lowest BCUT2D eigenvalue weighted by molar-refractivity contribution is -0.166. The van der Waals surface area contributed by atoms with Crippen LogP contribution in [0.15, 0.2) is 24.3 Å². The molecule has 2 rings (SSSR count). The van der Waals surface area contributed by atoms with Gasteiger partial charge in [0.25, 0.3) is 0 Å². The minimum absolute atomic E-state index is 0.0701. The van der Waals surface area contributed by atoms with Crippen LogP contribution in [-0.4, -0.2) is 17.6 Å². The van der Waals surface area contributed by atoms with Crippen molar-refractivity contribution in [1.29, 1.82) is 0 Å². The molecule has 0 aromatic heterocycles. The molecule has 0 saturated heterocycles. The molecule has 18 heavy (non-hydrogen) atoms. The monoisotopic (exact) mass is 258 g/mol. The summed E-state index contributed by atoms with van der Waals surface area (Å²) in [5.74, 6) is -0.589. The van der Waals surface area contributed by atoms with E-state index < -0.39 is 17.6 Å². The molecule has 0 heterocycles.